The number of aliphatic hydroxyl groups is 2. The van der Waals surface area contributed by atoms with Crippen molar-refractivity contribution in [1.29, 1.82) is 0 Å². The van der Waals surface area contributed by atoms with Crippen molar-refractivity contribution in [1.82, 2.24) is 9.97 Å². The molecule has 2 heterocycles. The van der Waals surface area contributed by atoms with Gasteiger partial charge in [-0.3, -0.25) is 0 Å². The first kappa shape index (κ1) is 13.0. The van der Waals surface area contributed by atoms with Gasteiger partial charge in [-0.1, -0.05) is 0 Å². The molecule has 0 radical (unpaired) electrons. The van der Waals surface area contributed by atoms with Crippen LogP contribution in [0.2, 0.25) is 0 Å². The summed E-state index contributed by atoms with van der Waals surface area (Å²) in [6.45, 7) is 2.79. The highest BCUT2D eigenvalue weighted by molar-refractivity contribution is 7.18. The van der Waals surface area contributed by atoms with Crippen LogP contribution >= 0.6 is 11.3 Å². The molecule has 0 saturated carbocycles. The number of thiophene rings is 1. The molecule has 98 valence electrons. The molecular formula is C11H16N4O2S. The molecule has 0 unspecified atom stereocenters. The Morgan fingerprint density at radius 2 is 1.94 bits per heavy atom. The molecule has 18 heavy (non-hydrogen) atoms. The van der Waals surface area contributed by atoms with Gasteiger partial charge >= 0.3 is 0 Å². The minimum Gasteiger partial charge on any atom is -0.395 e. The summed E-state index contributed by atoms with van der Waals surface area (Å²) in [6.07, 6.45) is 0. The largest absolute Gasteiger partial charge is 0.395 e. The maximum absolute atomic E-state index is 9.08. The molecule has 2 aromatic rings. The number of nitrogens with zero attached hydrogens (tertiary/aromatic N) is 3. The molecule has 0 aliphatic carbocycles. The lowest BCUT2D eigenvalue weighted by molar-refractivity contribution is 0.281. The Morgan fingerprint density at radius 1 is 1.28 bits per heavy atom. The van der Waals surface area contributed by atoms with Crippen LogP contribution in [0.5, 0.6) is 0 Å². The number of aromatic nitrogens is 2. The van der Waals surface area contributed by atoms with E-state index in [4.69, 9.17) is 15.9 Å². The second-order valence-electron chi connectivity index (χ2n) is 3.92. The highest BCUT2D eigenvalue weighted by Crippen LogP contribution is 2.30. The molecule has 2 aromatic heterocycles. The van der Waals surface area contributed by atoms with Gasteiger partial charge in [0.15, 0.2) is 0 Å². The van der Waals surface area contributed by atoms with E-state index in [-0.39, 0.29) is 19.2 Å². The van der Waals surface area contributed by atoms with Crippen molar-refractivity contribution < 1.29 is 10.2 Å². The van der Waals surface area contributed by atoms with E-state index in [9.17, 15) is 0 Å². The van der Waals surface area contributed by atoms with Gasteiger partial charge in [-0.05, 0) is 13.0 Å². The molecule has 4 N–H and O–H groups in total. The van der Waals surface area contributed by atoms with Gasteiger partial charge in [0, 0.05) is 18.0 Å². The van der Waals surface area contributed by atoms with Crippen molar-refractivity contribution in [3.63, 3.8) is 0 Å². The summed E-state index contributed by atoms with van der Waals surface area (Å²) in [5.41, 5.74) is 5.70. The number of fused-ring (bicyclic) bond motifs is 1. The number of anilines is 2. The monoisotopic (exact) mass is 268 g/mol. The van der Waals surface area contributed by atoms with Crippen LogP contribution in [0.1, 0.15) is 4.88 Å². The van der Waals surface area contributed by atoms with Crippen LogP contribution in [0.3, 0.4) is 0 Å². The van der Waals surface area contributed by atoms with Crippen molar-refractivity contribution in [2.24, 2.45) is 0 Å². The predicted octanol–water partition coefficient (Wildman–Crippen LogP) is 0.373. The van der Waals surface area contributed by atoms with Gasteiger partial charge in [-0.15, -0.1) is 11.3 Å². The second-order valence-corrected chi connectivity index (χ2v) is 5.15. The normalized spacial score (nSPS) is 11.1. The Hall–Kier alpha value is -1.44. The van der Waals surface area contributed by atoms with E-state index in [0.29, 0.717) is 18.9 Å². The zero-order valence-corrected chi connectivity index (χ0v) is 10.9. The highest BCUT2D eigenvalue weighted by Gasteiger charge is 2.15. The fourth-order valence-corrected chi connectivity index (χ4v) is 2.73. The predicted molar refractivity (Wildman–Crippen MR) is 72.9 cm³/mol. The lowest BCUT2D eigenvalue weighted by Gasteiger charge is -2.22. The molecule has 0 bridgehead atoms. The number of aliphatic hydroxyl groups excluding tert-OH is 2. The Kier molecular flexibility index (Phi) is 3.95. The van der Waals surface area contributed by atoms with Crippen LogP contribution in [0.25, 0.3) is 10.2 Å². The lowest BCUT2D eigenvalue weighted by atomic mass is 10.3. The SMILES string of the molecule is Cc1cc2c(N(CCO)CCO)nc(N)nc2s1. The van der Waals surface area contributed by atoms with Gasteiger partial charge in [-0.25, -0.2) is 4.98 Å². The van der Waals surface area contributed by atoms with Crippen molar-refractivity contribution in [3.8, 4) is 0 Å². The smallest absolute Gasteiger partial charge is 0.223 e. The van der Waals surface area contributed by atoms with Crippen LogP contribution in [0.15, 0.2) is 6.07 Å². The number of hydrogen-bond donors (Lipinski definition) is 3. The maximum atomic E-state index is 9.08. The van der Waals surface area contributed by atoms with Crippen LogP contribution in [0, 0.1) is 6.92 Å². The van der Waals surface area contributed by atoms with Crippen molar-refractivity contribution >= 4 is 33.3 Å². The fraction of sp³-hybridized carbons (Fsp3) is 0.455. The third kappa shape index (κ3) is 2.53. The molecule has 0 spiro atoms. The molecule has 2 rings (SSSR count). The Labute approximate surface area is 109 Å². The van der Waals surface area contributed by atoms with Crippen LogP contribution in [0.4, 0.5) is 11.8 Å². The van der Waals surface area contributed by atoms with Gasteiger partial charge in [0.2, 0.25) is 5.95 Å². The van der Waals surface area contributed by atoms with Crippen LogP contribution < -0.4 is 10.6 Å². The first-order chi connectivity index (χ1) is 8.65. The summed E-state index contributed by atoms with van der Waals surface area (Å²) in [7, 11) is 0. The van der Waals surface area contributed by atoms with E-state index in [2.05, 4.69) is 9.97 Å². The van der Waals surface area contributed by atoms with Gasteiger partial charge < -0.3 is 20.8 Å². The van der Waals surface area contributed by atoms with Gasteiger partial charge in [-0.2, -0.15) is 4.98 Å². The number of rotatable bonds is 5. The number of hydrogen-bond acceptors (Lipinski definition) is 7. The number of nitrogen functional groups attached to an aromatic ring is 1. The second kappa shape index (κ2) is 5.47. The van der Waals surface area contributed by atoms with E-state index in [1.54, 1.807) is 11.3 Å². The Balaban J connectivity index is 2.52. The molecule has 7 heteroatoms. The minimum absolute atomic E-state index is 0.00544. The Bertz CT molecular complexity index is 537. The molecule has 6 nitrogen and oxygen atoms in total. The third-order valence-corrected chi connectivity index (χ3v) is 3.50. The molecule has 0 aliphatic heterocycles. The lowest BCUT2D eigenvalue weighted by Crippen LogP contribution is -2.30. The molecule has 0 aliphatic rings. The first-order valence-electron chi connectivity index (χ1n) is 5.66. The summed E-state index contributed by atoms with van der Waals surface area (Å²) in [6, 6.07) is 2.00. The minimum atomic E-state index is -0.00544. The van der Waals surface area contributed by atoms with Gasteiger partial charge in [0.1, 0.15) is 10.6 Å². The molecule has 0 saturated heterocycles. The third-order valence-electron chi connectivity index (χ3n) is 2.55. The highest BCUT2D eigenvalue weighted by atomic mass is 32.1. The van der Waals surface area contributed by atoms with E-state index >= 15 is 0 Å². The van der Waals surface area contributed by atoms with E-state index in [1.165, 1.54) is 0 Å². The summed E-state index contributed by atoms with van der Waals surface area (Å²) in [5, 5.41) is 19.1. The summed E-state index contributed by atoms with van der Waals surface area (Å²) in [4.78, 5) is 12.2. The summed E-state index contributed by atoms with van der Waals surface area (Å²) >= 11 is 1.55. The maximum Gasteiger partial charge on any atom is 0.223 e. The van der Waals surface area contributed by atoms with E-state index in [0.717, 1.165) is 15.1 Å². The van der Waals surface area contributed by atoms with Gasteiger partial charge in [0.05, 0.1) is 18.6 Å². The number of aryl methyl sites for hydroxylation is 1. The average Bonchev–Trinajstić information content (AvgIpc) is 2.68. The molecule has 0 aromatic carbocycles. The standard InChI is InChI=1S/C11H16N4O2S/c1-7-6-8-9(15(2-4-16)3-5-17)13-11(12)14-10(8)18-7/h6,16-17H,2-5H2,1H3,(H2,12,13,14). The van der Waals surface area contributed by atoms with Gasteiger partial charge in [0.25, 0.3) is 0 Å². The fourth-order valence-electron chi connectivity index (χ4n) is 1.85. The summed E-state index contributed by atoms with van der Waals surface area (Å²) < 4.78 is 0. The topological polar surface area (TPSA) is 95.5 Å². The molecule has 0 fully saturated rings. The van der Waals surface area contributed by atoms with Crippen LogP contribution in [-0.4, -0.2) is 46.5 Å². The molecule has 0 atom stereocenters. The Morgan fingerprint density at radius 3 is 2.56 bits per heavy atom. The zero-order valence-electron chi connectivity index (χ0n) is 10.1. The van der Waals surface area contributed by atoms with E-state index < -0.39 is 0 Å². The number of nitrogens with two attached hydrogens (primary N) is 1. The van der Waals surface area contributed by atoms with Crippen molar-refractivity contribution in [2.75, 3.05) is 36.9 Å². The van der Waals surface area contributed by atoms with Crippen molar-refractivity contribution in [2.45, 2.75) is 6.92 Å². The van der Waals surface area contributed by atoms with E-state index in [1.807, 2.05) is 17.9 Å². The zero-order chi connectivity index (χ0) is 13.1. The molecular weight excluding hydrogens is 252 g/mol. The van der Waals surface area contributed by atoms with Crippen LogP contribution in [-0.2, 0) is 0 Å². The summed E-state index contributed by atoms with van der Waals surface area (Å²) in [5.74, 6) is 0.880. The quantitative estimate of drug-likeness (QED) is 0.725. The average molecular weight is 268 g/mol. The first-order valence-corrected chi connectivity index (χ1v) is 6.47. The van der Waals surface area contributed by atoms with Crippen molar-refractivity contribution in [3.05, 3.63) is 10.9 Å². The molecule has 0 amide bonds.